The number of benzene rings is 1. The number of phosphoric ester groups is 1. The molecule has 1 aromatic carbocycles. The first kappa shape index (κ1) is 15.9. The summed E-state index contributed by atoms with van der Waals surface area (Å²) < 4.78 is 14.2. The van der Waals surface area contributed by atoms with E-state index in [-0.39, 0.29) is 12.5 Å². The van der Waals surface area contributed by atoms with Gasteiger partial charge in [0.25, 0.3) is 0 Å². The van der Waals surface area contributed by atoms with Crippen LogP contribution >= 0.6 is 7.82 Å². The van der Waals surface area contributed by atoms with E-state index in [4.69, 9.17) is 0 Å². The Labute approximate surface area is 112 Å². The van der Waals surface area contributed by atoms with Crippen molar-refractivity contribution in [2.45, 2.75) is 25.7 Å². The predicted octanol–water partition coefficient (Wildman–Crippen LogP) is 1.03. The molecule has 0 aliphatic carbocycles. The van der Waals surface area contributed by atoms with Crippen LogP contribution in [0.5, 0.6) is 0 Å². The second-order valence-electron chi connectivity index (χ2n) is 4.01. The number of unbranched alkanes of at least 4 members (excludes halogenated alkanes) is 2. The van der Waals surface area contributed by atoms with E-state index >= 15 is 0 Å². The van der Waals surface area contributed by atoms with Crippen LogP contribution < -0.4 is 15.1 Å². The molecule has 1 N–H and O–H groups in total. The largest absolute Gasteiger partial charge is 0.790 e. The molecule has 0 saturated carbocycles. The van der Waals surface area contributed by atoms with E-state index < -0.39 is 7.82 Å². The quantitative estimate of drug-likeness (QED) is 0.567. The van der Waals surface area contributed by atoms with Gasteiger partial charge in [0.15, 0.2) is 0 Å². The van der Waals surface area contributed by atoms with Crippen LogP contribution in [0.25, 0.3) is 0 Å². The summed E-state index contributed by atoms with van der Waals surface area (Å²) in [6.07, 6.45) is 2.03. The van der Waals surface area contributed by atoms with E-state index in [1.54, 1.807) is 12.1 Å². The van der Waals surface area contributed by atoms with Crippen molar-refractivity contribution in [3.05, 3.63) is 30.3 Å². The third-order valence-electron chi connectivity index (χ3n) is 2.36. The summed E-state index contributed by atoms with van der Waals surface area (Å²) >= 11 is 0. The Morgan fingerprint density at radius 1 is 1.16 bits per heavy atom. The second kappa shape index (κ2) is 8.07. The van der Waals surface area contributed by atoms with Crippen LogP contribution in [0.2, 0.25) is 0 Å². The Morgan fingerprint density at radius 2 is 1.84 bits per heavy atom. The first-order chi connectivity index (χ1) is 8.97. The van der Waals surface area contributed by atoms with Crippen LogP contribution in [0.15, 0.2) is 30.3 Å². The molecule has 0 radical (unpaired) electrons. The Morgan fingerprint density at radius 3 is 2.47 bits per heavy atom. The average molecular weight is 285 g/mol. The van der Waals surface area contributed by atoms with Gasteiger partial charge >= 0.3 is 0 Å². The Balaban J connectivity index is 2.07. The zero-order chi connectivity index (χ0) is 14.1. The average Bonchev–Trinajstić information content (AvgIpc) is 2.33. The maximum absolute atomic E-state index is 11.5. The van der Waals surface area contributed by atoms with Gasteiger partial charge in [-0.15, -0.1) is 0 Å². The van der Waals surface area contributed by atoms with Crippen LogP contribution in [0, 0.1) is 0 Å². The van der Waals surface area contributed by atoms with E-state index in [0.29, 0.717) is 25.7 Å². The van der Waals surface area contributed by atoms with Gasteiger partial charge in [-0.05, 0) is 25.0 Å². The van der Waals surface area contributed by atoms with Crippen molar-refractivity contribution in [3.63, 3.8) is 0 Å². The number of carbonyl (C=O) groups excluding carboxylic acids is 1. The molecule has 106 valence electrons. The van der Waals surface area contributed by atoms with Gasteiger partial charge in [-0.3, -0.25) is 4.79 Å². The third-order valence-corrected chi connectivity index (χ3v) is 2.85. The number of phosphoric acid groups is 1. The highest BCUT2D eigenvalue weighted by molar-refractivity contribution is 7.43. The molecule has 1 aromatic rings. The van der Waals surface area contributed by atoms with Crippen molar-refractivity contribution >= 4 is 19.4 Å². The van der Waals surface area contributed by atoms with Gasteiger partial charge in [0.1, 0.15) is 0 Å². The van der Waals surface area contributed by atoms with Crippen LogP contribution in [-0.4, -0.2) is 12.5 Å². The highest BCUT2D eigenvalue weighted by atomic mass is 31.2. The molecule has 1 amide bonds. The molecule has 0 atom stereocenters. The number of amides is 1. The lowest BCUT2D eigenvalue weighted by molar-refractivity contribution is -0.341. The van der Waals surface area contributed by atoms with Gasteiger partial charge in [-0.25, -0.2) is 0 Å². The summed E-state index contributed by atoms with van der Waals surface area (Å²) in [4.78, 5) is 31.8. The van der Waals surface area contributed by atoms with Crippen molar-refractivity contribution < 1.29 is 23.7 Å². The van der Waals surface area contributed by atoms with Crippen LogP contribution in [0.4, 0.5) is 5.69 Å². The van der Waals surface area contributed by atoms with Gasteiger partial charge in [0, 0.05) is 12.1 Å². The topological polar surface area (TPSA) is 102 Å². The summed E-state index contributed by atoms with van der Waals surface area (Å²) in [6, 6.07) is 9.12. The normalized spacial score (nSPS) is 11.3. The lowest BCUT2D eigenvalue weighted by atomic mass is 10.2. The summed E-state index contributed by atoms with van der Waals surface area (Å²) in [5.41, 5.74) is 0.745. The Kier molecular flexibility index (Phi) is 6.73. The molecular weight excluding hydrogens is 269 g/mol. The van der Waals surface area contributed by atoms with Gasteiger partial charge in [0.05, 0.1) is 14.4 Å². The number of carbonyl (C=O) groups is 1. The van der Waals surface area contributed by atoms with E-state index in [2.05, 4.69) is 9.84 Å². The van der Waals surface area contributed by atoms with Crippen molar-refractivity contribution in [2.75, 3.05) is 11.9 Å². The van der Waals surface area contributed by atoms with Crippen molar-refractivity contribution in [1.82, 2.24) is 0 Å². The van der Waals surface area contributed by atoms with Crippen molar-refractivity contribution in [1.29, 1.82) is 0 Å². The fourth-order valence-corrected chi connectivity index (χ4v) is 1.84. The lowest BCUT2D eigenvalue weighted by Crippen LogP contribution is -2.16. The minimum Gasteiger partial charge on any atom is -0.790 e. The van der Waals surface area contributed by atoms with Crippen LogP contribution in [0.1, 0.15) is 25.7 Å². The third kappa shape index (κ3) is 8.51. The van der Waals surface area contributed by atoms with Gasteiger partial charge in [0.2, 0.25) is 5.91 Å². The zero-order valence-electron chi connectivity index (χ0n) is 10.4. The van der Waals surface area contributed by atoms with Crippen molar-refractivity contribution in [2.24, 2.45) is 0 Å². The molecule has 0 aliphatic rings. The minimum absolute atomic E-state index is 0.0922. The van der Waals surface area contributed by atoms with E-state index in [0.717, 1.165) is 5.69 Å². The number of hydrogen-bond donors (Lipinski definition) is 1. The van der Waals surface area contributed by atoms with Crippen molar-refractivity contribution in [3.8, 4) is 0 Å². The molecule has 0 aliphatic heterocycles. The van der Waals surface area contributed by atoms with E-state index in [9.17, 15) is 19.1 Å². The first-order valence-electron chi connectivity index (χ1n) is 5.99. The molecule has 0 bridgehead atoms. The summed E-state index contributed by atoms with van der Waals surface area (Å²) in [6.45, 7) is -0.120. The molecule has 0 spiro atoms. The molecule has 19 heavy (non-hydrogen) atoms. The molecule has 0 heterocycles. The highest BCUT2D eigenvalue weighted by Gasteiger charge is 2.01. The first-order valence-corrected chi connectivity index (χ1v) is 7.45. The number of para-hydroxylation sites is 1. The number of hydrogen-bond acceptors (Lipinski definition) is 5. The van der Waals surface area contributed by atoms with E-state index in [1.807, 2.05) is 18.2 Å². The molecular formula is C12H16NO5P-2. The number of nitrogens with one attached hydrogen (secondary N) is 1. The molecule has 0 unspecified atom stereocenters. The zero-order valence-corrected chi connectivity index (χ0v) is 11.3. The van der Waals surface area contributed by atoms with Gasteiger partial charge in [-0.1, -0.05) is 24.6 Å². The SMILES string of the molecule is O=C(CCCCCOP(=O)([O-])[O-])Nc1ccccc1. The highest BCUT2D eigenvalue weighted by Crippen LogP contribution is 2.24. The Hall–Kier alpha value is -1.20. The van der Waals surface area contributed by atoms with Crippen LogP contribution in [-0.2, 0) is 13.9 Å². The maximum Gasteiger partial charge on any atom is 0.224 e. The lowest BCUT2D eigenvalue weighted by Gasteiger charge is -2.28. The molecule has 1 rings (SSSR count). The number of anilines is 1. The molecule has 7 heteroatoms. The summed E-state index contributed by atoms with van der Waals surface area (Å²) in [5.74, 6) is -0.0922. The monoisotopic (exact) mass is 285 g/mol. The molecule has 0 saturated heterocycles. The summed E-state index contributed by atoms with van der Waals surface area (Å²) in [7, 11) is -4.86. The fourth-order valence-electron chi connectivity index (χ4n) is 1.49. The smallest absolute Gasteiger partial charge is 0.224 e. The molecule has 6 nitrogen and oxygen atoms in total. The fraction of sp³-hybridized carbons (Fsp3) is 0.417. The summed E-state index contributed by atoms with van der Waals surface area (Å²) in [5, 5.41) is 2.74. The Bertz CT molecular complexity index is 431. The van der Waals surface area contributed by atoms with E-state index in [1.165, 1.54) is 0 Å². The van der Waals surface area contributed by atoms with Gasteiger partial charge < -0.3 is 24.2 Å². The predicted molar refractivity (Wildman–Crippen MR) is 67.1 cm³/mol. The maximum atomic E-state index is 11.5. The minimum atomic E-state index is -4.86. The molecule has 0 fully saturated rings. The van der Waals surface area contributed by atoms with Crippen LogP contribution in [0.3, 0.4) is 0 Å². The second-order valence-corrected chi connectivity index (χ2v) is 5.16. The number of rotatable bonds is 8. The molecule has 0 aromatic heterocycles. The standard InChI is InChI=1S/C12H18NO5P/c14-12(13-11-7-3-1-4-8-11)9-5-2-6-10-18-19(15,16)17/h1,3-4,7-8H,2,5-6,9-10H2,(H,13,14)(H2,15,16,17)/p-2. The van der Waals surface area contributed by atoms with Gasteiger partial charge in [-0.2, -0.15) is 0 Å².